The monoisotopic (exact) mass is 364 g/mol. The van der Waals surface area contributed by atoms with Crippen molar-refractivity contribution in [3.8, 4) is 5.75 Å². The summed E-state index contributed by atoms with van der Waals surface area (Å²) in [6.07, 6.45) is 5.04. The van der Waals surface area contributed by atoms with Crippen LogP contribution in [-0.2, 0) is 9.53 Å². The molecule has 0 spiro atoms. The van der Waals surface area contributed by atoms with Gasteiger partial charge in [0.15, 0.2) is 0 Å². The molecule has 0 amide bonds. The van der Waals surface area contributed by atoms with Crippen LogP contribution < -0.4 is 16.0 Å². The van der Waals surface area contributed by atoms with Crippen molar-refractivity contribution in [1.82, 2.24) is 0 Å². The molecule has 0 heterocycles. The minimum Gasteiger partial charge on any atom is -0.491 e. The first-order valence-corrected chi connectivity index (χ1v) is 9.57. The molecule has 1 aromatic rings. The molecular formula is C20H29FN2O3. The largest absolute Gasteiger partial charge is 0.491 e. The maximum Gasteiger partial charge on any atom is 0.313 e. The summed E-state index contributed by atoms with van der Waals surface area (Å²) in [6, 6.07) is 2.91. The van der Waals surface area contributed by atoms with Crippen LogP contribution in [0.5, 0.6) is 5.75 Å². The van der Waals surface area contributed by atoms with Crippen molar-refractivity contribution < 1.29 is 18.7 Å². The Morgan fingerprint density at radius 1 is 1.23 bits per heavy atom. The van der Waals surface area contributed by atoms with Crippen molar-refractivity contribution in [2.24, 2.45) is 23.6 Å². The number of carbonyl (C=O) groups is 1. The summed E-state index contributed by atoms with van der Waals surface area (Å²) < 4.78 is 26.0. The predicted octanol–water partition coefficient (Wildman–Crippen LogP) is 3.98. The van der Waals surface area contributed by atoms with Crippen LogP contribution in [0.3, 0.4) is 0 Å². The number of nitrogens with one attached hydrogen (secondary N) is 1. The van der Waals surface area contributed by atoms with E-state index in [1.807, 2.05) is 13.8 Å². The predicted molar refractivity (Wildman–Crippen MR) is 98.3 cm³/mol. The van der Waals surface area contributed by atoms with Gasteiger partial charge in [0.1, 0.15) is 11.6 Å². The zero-order valence-corrected chi connectivity index (χ0v) is 15.6. The quantitative estimate of drug-likeness (QED) is 0.373. The summed E-state index contributed by atoms with van der Waals surface area (Å²) >= 11 is 0. The number of ether oxygens (including phenoxy) is 2. The van der Waals surface area contributed by atoms with Crippen LogP contribution in [0.1, 0.15) is 57.4 Å². The molecule has 3 rings (SSSR count). The Morgan fingerprint density at radius 3 is 2.46 bits per heavy atom. The number of hydrogen-bond acceptors (Lipinski definition) is 5. The van der Waals surface area contributed by atoms with E-state index in [-0.39, 0.29) is 11.9 Å². The molecule has 2 fully saturated rings. The van der Waals surface area contributed by atoms with Gasteiger partial charge in [-0.05, 0) is 55.9 Å². The van der Waals surface area contributed by atoms with Crippen LogP contribution in [0, 0.1) is 23.6 Å². The van der Waals surface area contributed by atoms with E-state index in [4.69, 9.17) is 15.3 Å². The van der Waals surface area contributed by atoms with Gasteiger partial charge in [0, 0.05) is 11.6 Å². The Morgan fingerprint density at radius 2 is 1.88 bits per heavy atom. The van der Waals surface area contributed by atoms with Gasteiger partial charge in [-0.3, -0.25) is 10.6 Å². The van der Waals surface area contributed by atoms with E-state index in [0.717, 1.165) is 25.7 Å². The molecule has 0 aliphatic heterocycles. The molecule has 26 heavy (non-hydrogen) atoms. The normalized spacial score (nSPS) is 17.9. The van der Waals surface area contributed by atoms with E-state index < -0.39 is 11.7 Å². The lowest BCUT2D eigenvalue weighted by atomic mass is 9.89. The third-order valence-corrected chi connectivity index (χ3v) is 4.95. The second kappa shape index (κ2) is 8.25. The lowest BCUT2D eigenvalue weighted by molar-refractivity contribution is -0.146. The number of carbonyl (C=O) groups excluding carboxylic acids is 1. The van der Waals surface area contributed by atoms with Gasteiger partial charge in [-0.15, -0.1) is 0 Å². The number of anilines is 1. The molecule has 1 aromatic carbocycles. The Hall–Kier alpha value is -1.82. The Bertz CT molecular complexity index is 642. The maximum absolute atomic E-state index is 14.7. The van der Waals surface area contributed by atoms with Crippen LogP contribution in [0.15, 0.2) is 12.1 Å². The van der Waals surface area contributed by atoms with Crippen molar-refractivity contribution in [3.63, 3.8) is 0 Å². The topological polar surface area (TPSA) is 73.6 Å². The number of esters is 1. The first kappa shape index (κ1) is 19.0. The van der Waals surface area contributed by atoms with E-state index in [0.29, 0.717) is 48.5 Å². The minimum absolute atomic E-state index is 0.232. The van der Waals surface area contributed by atoms with Crippen LogP contribution in [0.25, 0.3) is 0 Å². The Labute approximate surface area is 154 Å². The van der Waals surface area contributed by atoms with Crippen molar-refractivity contribution >= 4 is 11.7 Å². The van der Waals surface area contributed by atoms with Crippen molar-refractivity contribution in [2.75, 3.05) is 18.6 Å². The third-order valence-electron chi connectivity index (χ3n) is 4.95. The first-order chi connectivity index (χ1) is 12.5. The average molecular weight is 364 g/mol. The Balaban J connectivity index is 1.81. The van der Waals surface area contributed by atoms with Gasteiger partial charge in [0.2, 0.25) is 0 Å². The molecule has 5 nitrogen and oxygen atoms in total. The highest BCUT2D eigenvalue weighted by molar-refractivity contribution is 5.79. The highest BCUT2D eigenvalue weighted by Crippen LogP contribution is 2.37. The zero-order valence-electron chi connectivity index (χ0n) is 15.6. The standard InChI is InChI=1S/C20H29FN2O3/c1-12(2)7-16(20(24)26-11-14-5-6-14)15-8-19(25-10-13-3-4-13)18(23-22)9-17(15)21/h8-9,12-14,16,23H,3-7,10-11,22H2,1-2H3. The van der Waals surface area contributed by atoms with E-state index in [1.165, 1.54) is 6.07 Å². The van der Waals surface area contributed by atoms with E-state index in [9.17, 15) is 9.18 Å². The molecule has 144 valence electrons. The Kier molecular flexibility index (Phi) is 6.01. The van der Waals surface area contributed by atoms with Crippen LogP contribution in [0.2, 0.25) is 0 Å². The lowest BCUT2D eigenvalue weighted by Gasteiger charge is -2.21. The van der Waals surface area contributed by atoms with Gasteiger partial charge >= 0.3 is 5.97 Å². The average Bonchev–Trinajstić information content (AvgIpc) is 3.50. The third kappa shape index (κ3) is 5.10. The van der Waals surface area contributed by atoms with Crippen LogP contribution in [-0.4, -0.2) is 19.2 Å². The van der Waals surface area contributed by atoms with E-state index in [2.05, 4.69) is 5.43 Å². The molecule has 3 N–H and O–H groups in total. The number of hydrazine groups is 1. The lowest BCUT2D eigenvalue weighted by Crippen LogP contribution is -2.21. The highest BCUT2D eigenvalue weighted by atomic mass is 19.1. The fourth-order valence-corrected chi connectivity index (χ4v) is 2.97. The summed E-state index contributed by atoms with van der Waals surface area (Å²) in [7, 11) is 0. The summed E-state index contributed by atoms with van der Waals surface area (Å²) in [5.41, 5.74) is 3.20. The second-order valence-corrected chi connectivity index (χ2v) is 8.02. The van der Waals surface area contributed by atoms with Crippen LogP contribution >= 0.6 is 0 Å². The molecule has 2 aliphatic rings. The number of rotatable bonds is 10. The van der Waals surface area contributed by atoms with Gasteiger partial charge in [0.05, 0.1) is 24.8 Å². The summed E-state index contributed by atoms with van der Waals surface area (Å²) in [6.45, 7) is 5.04. The first-order valence-electron chi connectivity index (χ1n) is 9.57. The number of benzene rings is 1. The molecule has 6 heteroatoms. The van der Waals surface area contributed by atoms with Gasteiger partial charge in [-0.2, -0.15) is 0 Å². The summed E-state index contributed by atoms with van der Waals surface area (Å²) in [5, 5.41) is 0. The highest BCUT2D eigenvalue weighted by Gasteiger charge is 2.30. The minimum atomic E-state index is -0.635. The molecule has 0 aromatic heterocycles. The fraction of sp³-hybridized carbons (Fsp3) is 0.650. The van der Waals surface area contributed by atoms with Gasteiger partial charge in [-0.25, -0.2) is 4.39 Å². The maximum atomic E-state index is 14.7. The molecule has 1 atom stereocenters. The number of hydrogen-bond donors (Lipinski definition) is 2. The number of halogens is 1. The van der Waals surface area contributed by atoms with Crippen molar-refractivity contribution in [2.45, 2.75) is 51.9 Å². The number of nitrogens with two attached hydrogens (primary N) is 1. The molecule has 2 saturated carbocycles. The zero-order chi connectivity index (χ0) is 18.7. The molecule has 0 radical (unpaired) electrons. The van der Waals surface area contributed by atoms with Crippen molar-refractivity contribution in [1.29, 1.82) is 0 Å². The van der Waals surface area contributed by atoms with Gasteiger partial charge in [-0.1, -0.05) is 13.8 Å². The summed E-state index contributed by atoms with van der Waals surface area (Å²) in [5.74, 6) is 5.80. The molecule has 0 bridgehead atoms. The fourth-order valence-electron chi connectivity index (χ4n) is 2.97. The SMILES string of the molecule is CC(C)CC(C(=O)OCC1CC1)c1cc(OCC2CC2)c(NN)cc1F. The molecule has 1 unspecified atom stereocenters. The van der Waals surface area contributed by atoms with Gasteiger partial charge in [0.25, 0.3) is 0 Å². The molecule has 2 aliphatic carbocycles. The smallest absolute Gasteiger partial charge is 0.313 e. The molecular weight excluding hydrogens is 335 g/mol. The number of nitrogen functional groups attached to an aromatic ring is 1. The van der Waals surface area contributed by atoms with Crippen molar-refractivity contribution in [3.05, 3.63) is 23.5 Å². The van der Waals surface area contributed by atoms with E-state index in [1.54, 1.807) is 6.07 Å². The summed E-state index contributed by atoms with van der Waals surface area (Å²) in [4.78, 5) is 12.6. The molecule has 0 saturated heterocycles. The second-order valence-electron chi connectivity index (χ2n) is 8.02. The van der Waals surface area contributed by atoms with Gasteiger partial charge < -0.3 is 14.9 Å². The van der Waals surface area contributed by atoms with E-state index >= 15 is 0 Å². The van der Waals surface area contributed by atoms with Crippen LogP contribution in [0.4, 0.5) is 10.1 Å².